The fourth-order valence-electron chi connectivity index (χ4n) is 1.72. The van der Waals surface area contributed by atoms with Crippen LogP contribution in [0.4, 0.5) is 5.69 Å². The van der Waals surface area contributed by atoms with Crippen LogP contribution in [0.25, 0.3) is 0 Å². The van der Waals surface area contributed by atoms with Gasteiger partial charge in [0.2, 0.25) is 0 Å². The molecule has 0 unspecified atom stereocenters. The van der Waals surface area contributed by atoms with Crippen LogP contribution in [0.1, 0.15) is 10.4 Å². The number of ketones is 1. The molecule has 0 atom stereocenters. The van der Waals surface area contributed by atoms with Crippen molar-refractivity contribution >= 4 is 45.7 Å². The molecular formula is C15H13ClINO2. The standard InChI is InChI=1S/C15H13ClINO2/c1-20-15-6-5-10(7-13(15)16)14(19)9-18-12-4-2-3-11(17)8-12/h2-8,18H,9H2,1H3. The molecule has 0 aliphatic heterocycles. The summed E-state index contributed by atoms with van der Waals surface area (Å²) in [6.07, 6.45) is 0. The first-order valence-electron chi connectivity index (χ1n) is 5.96. The predicted octanol–water partition coefficient (Wildman–Crippen LogP) is 4.25. The zero-order valence-corrected chi connectivity index (χ0v) is 13.7. The molecule has 0 heterocycles. The lowest BCUT2D eigenvalue weighted by Crippen LogP contribution is -2.14. The smallest absolute Gasteiger partial charge is 0.181 e. The van der Waals surface area contributed by atoms with E-state index in [0.29, 0.717) is 16.3 Å². The number of halogens is 2. The van der Waals surface area contributed by atoms with Crippen LogP contribution in [0.15, 0.2) is 42.5 Å². The van der Waals surface area contributed by atoms with E-state index < -0.39 is 0 Å². The van der Waals surface area contributed by atoms with Crippen molar-refractivity contribution in [3.8, 4) is 5.75 Å². The van der Waals surface area contributed by atoms with Gasteiger partial charge in [0.05, 0.1) is 18.7 Å². The third-order valence-corrected chi connectivity index (χ3v) is 3.72. The van der Waals surface area contributed by atoms with E-state index in [1.54, 1.807) is 25.3 Å². The molecule has 0 aromatic heterocycles. The van der Waals surface area contributed by atoms with Gasteiger partial charge in [-0.25, -0.2) is 0 Å². The van der Waals surface area contributed by atoms with Gasteiger partial charge in [0.25, 0.3) is 0 Å². The lowest BCUT2D eigenvalue weighted by atomic mass is 10.1. The Morgan fingerprint density at radius 3 is 2.75 bits per heavy atom. The Balaban J connectivity index is 2.03. The molecule has 1 N–H and O–H groups in total. The summed E-state index contributed by atoms with van der Waals surface area (Å²) in [6.45, 7) is 0.225. The average Bonchev–Trinajstić information content (AvgIpc) is 2.44. The van der Waals surface area contributed by atoms with Gasteiger partial charge in [0.15, 0.2) is 5.78 Å². The molecule has 2 rings (SSSR count). The maximum Gasteiger partial charge on any atom is 0.181 e. The molecule has 104 valence electrons. The van der Waals surface area contributed by atoms with Crippen molar-refractivity contribution in [1.29, 1.82) is 0 Å². The number of hydrogen-bond acceptors (Lipinski definition) is 3. The van der Waals surface area contributed by atoms with Gasteiger partial charge < -0.3 is 10.1 Å². The molecule has 5 heteroatoms. The quantitative estimate of drug-likeness (QED) is 0.601. The number of carbonyl (C=O) groups excluding carboxylic acids is 1. The first kappa shape index (κ1) is 15.1. The minimum absolute atomic E-state index is 0.0200. The first-order valence-corrected chi connectivity index (χ1v) is 7.42. The van der Waals surface area contributed by atoms with E-state index in [-0.39, 0.29) is 12.3 Å². The summed E-state index contributed by atoms with van der Waals surface area (Å²) in [7, 11) is 1.54. The van der Waals surface area contributed by atoms with Crippen LogP contribution >= 0.6 is 34.2 Å². The van der Waals surface area contributed by atoms with Crippen LogP contribution in [0.5, 0.6) is 5.75 Å². The second-order valence-electron chi connectivity index (χ2n) is 4.14. The van der Waals surface area contributed by atoms with E-state index >= 15 is 0 Å². The molecule has 0 aliphatic carbocycles. The third-order valence-electron chi connectivity index (χ3n) is 2.75. The Morgan fingerprint density at radius 1 is 1.30 bits per heavy atom. The fraction of sp³-hybridized carbons (Fsp3) is 0.133. The van der Waals surface area contributed by atoms with Crippen LogP contribution in [0.2, 0.25) is 5.02 Å². The van der Waals surface area contributed by atoms with Gasteiger partial charge in [-0.3, -0.25) is 4.79 Å². The van der Waals surface area contributed by atoms with Crippen LogP contribution < -0.4 is 10.1 Å². The van der Waals surface area contributed by atoms with Crippen molar-refractivity contribution in [3.05, 3.63) is 56.6 Å². The van der Waals surface area contributed by atoms with E-state index in [2.05, 4.69) is 27.9 Å². The normalized spacial score (nSPS) is 10.2. The van der Waals surface area contributed by atoms with Gasteiger partial charge in [-0.05, 0) is 59.0 Å². The van der Waals surface area contributed by atoms with Crippen LogP contribution in [0.3, 0.4) is 0 Å². The van der Waals surface area contributed by atoms with Crippen molar-refractivity contribution in [2.75, 3.05) is 19.0 Å². The van der Waals surface area contributed by atoms with Gasteiger partial charge in [0.1, 0.15) is 5.75 Å². The molecule has 0 spiro atoms. The molecule has 2 aromatic rings. The molecule has 0 saturated heterocycles. The highest BCUT2D eigenvalue weighted by Gasteiger charge is 2.09. The lowest BCUT2D eigenvalue weighted by molar-refractivity contribution is 0.101. The number of rotatable bonds is 5. The van der Waals surface area contributed by atoms with Gasteiger partial charge in [0, 0.05) is 14.8 Å². The SMILES string of the molecule is COc1ccc(C(=O)CNc2cccc(I)c2)cc1Cl. The summed E-state index contributed by atoms with van der Waals surface area (Å²) in [4.78, 5) is 12.1. The first-order chi connectivity index (χ1) is 9.60. The number of methoxy groups -OCH3 is 1. The average molecular weight is 402 g/mol. The van der Waals surface area contributed by atoms with E-state index in [1.165, 1.54) is 0 Å². The number of ether oxygens (including phenoxy) is 1. The zero-order valence-electron chi connectivity index (χ0n) is 10.8. The number of nitrogens with one attached hydrogen (secondary N) is 1. The molecule has 3 nitrogen and oxygen atoms in total. The molecular weight excluding hydrogens is 389 g/mol. The van der Waals surface area contributed by atoms with E-state index in [4.69, 9.17) is 16.3 Å². The lowest BCUT2D eigenvalue weighted by Gasteiger charge is -2.08. The highest BCUT2D eigenvalue weighted by molar-refractivity contribution is 14.1. The number of hydrogen-bond donors (Lipinski definition) is 1. The number of benzene rings is 2. The maximum absolute atomic E-state index is 12.1. The highest BCUT2D eigenvalue weighted by Crippen LogP contribution is 2.25. The predicted molar refractivity (Wildman–Crippen MR) is 90.0 cm³/mol. The van der Waals surface area contributed by atoms with Gasteiger partial charge in [-0.1, -0.05) is 17.7 Å². The maximum atomic E-state index is 12.1. The van der Waals surface area contributed by atoms with Gasteiger partial charge in [-0.2, -0.15) is 0 Å². The summed E-state index contributed by atoms with van der Waals surface area (Å²) in [5, 5.41) is 3.54. The number of anilines is 1. The van der Waals surface area contributed by atoms with Gasteiger partial charge >= 0.3 is 0 Å². The second-order valence-corrected chi connectivity index (χ2v) is 5.79. The Morgan fingerprint density at radius 2 is 2.10 bits per heavy atom. The summed E-state index contributed by atoms with van der Waals surface area (Å²) in [5.41, 5.74) is 1.48. The van der Waals surface area contributed by atoms with Crippen molar-refractivity contribution < 1.29 is 9.53 Å². The van der Waals surface area contributed by atoms with Crippen molar-refractivity contribution in [2.24, 2.45) is 0 Å². The monoisotopic (exact) mass is 401 g/mol. The van der Waals surface area contributed by atoms with E-state index in [9.17, 15) is 4.79 Å². The van der Waals surface area contributed by atoms with Crippen LogP contribution in [0, 0.1) is 3.57 Å². The molecule has 0 radical (unpaired) electrons. The molecule has 0 saturated carbocycles. The Bertz CT molecular complexity index is 631. The second kappa shape index (κ2) is 6.95. The minimum atomic E-state index is -0.0200. The Labute approximate surface area is 136 Å². The molecule has 0 aliphatic rings. The molecule has 0 amide bonds. The Hall–Kier alpha value is -1.27. The zero-order chi connectivity index (χ0) is 14.5. The highest BCUT2D eigenvalue weighted by atomic mass is 127. The summed E-state index contributed by atoms with van der Waals surface area (Å²) >= 11 is 8.24. The summed E-state index contributed by atoms with van der Waals surface area (Å²) in [6, 6.07) is 12.9. The third kappa shape index (κ3) is 3.86. The number of carbonyl (C=O) groups is 1. The van der Waals surface area contributed by atoms with E-state index in [0.717, 1.165) is 9.26 Å². The largest absolute Gasteiger partial charge is 0.495 e. The summed E-state index contributed by atoms with van der Waals surface area (Å²) in [5.74, 6) is 0.544. The van der Waals surface area contributed by atoms with Crippen LogP contribution in [-0.2, 0) is 0 Å². The van der Waals surface area contributed by atoms with E-state index in [1.807, 2.05) is 24.3 Å². The molecule has 20 heavy (non-hydrogen) atoms. The Kier molecular flexibility index (Phi) is 5.25. The molecule has 0 bridgehead atoms. The van der Waals surface area contributed by atoms with Gasteiger partial charge in [-0.15, -0.1) is 0 Å². The molecule has 0 fully saturated rings. The fourth-order valence-corrected chi connectivity index (χ4v) is 2.52. The molecule has 2 aromatic carbocycles. The van der Waals surface area contributed by atoms with Crippen molar-refractivity contribution in [2.45, 2.75) is 0 Å². The minimum Gasteiger partial charge on any atom is -0.495 e. The number of Topliss-reactive ketones (excluding diaryl/α,β-unsaturated/α-hetero) is 1. The van der Waals surface area contributed by atoms with Crippen LogP contribution in [-0.4, -0.2) is 19.4 Å². The topological polar surface area (TPSA) is 38.3 Å². The van der Waals surface area contributed by atoms with Crippen molar-refractivity contribution in [3.63, 3.8) is 0 Å². The van der Waals surface area contributed by atoms with Crippen molar-refractivity contribution in [1.82, 2.24) is 0 Å². The summed E-state index contributed by atoms with van der Waals surface area (Å²) < 4.78 is 6.18.